The minimum absolute atomic E-state index is 0.116. The lowest BCUT2D eigenvalue weighted by Gasteiger charge is -2.28. The van der Waals surface area contributed by atoms with E-state index in [9.17, 15) is 8.78 Å². The zero-order chi connectivity index (χ0) is 23.9. The highest BCUT2D eigenvalue weighted by atomic mass is 35.5. The SMILES string of the molecule is C=C1C(c2ccc(Cl)cc2)=c2nc(NCC(C)(F)F)ncc2=CN1c1ccc2nnccc2c1. The second kappa shape index (κ2) is 8.46. The van der Waals surface area contributed by atoms with Gasteiger partial charge in [-0.05, 0) is 42.0 Å². The number of nitrogens with zero attached hydrogens (tertiary/aromatic N) is 5. The zero-order valence-electron chi connectivity index (χ0n) is 18.1. The van der Waals surface area contributed by atoms with E-state index in [1.54, 1.807) is 24.5 Å². The van der Waals surface area contributed by atoms with Gasteiger partial charge in [-0.1, -0.05) is 30.3 Å². The number of benzene rings is 2. The third kappa shape index (κ3) is 4.32. The summed E-state index contributed by atoms with van der Waals surface area (Å²) >= 11 is 6.11. The molecule has 1 N–H and O–H groups in total. The summed E-state index contributed by atoms with van der Waals surface area (Å²) in [6.07, 6.45) is 5.13. The molecule has 5 rings (SSSR count). The van der Waals surface area contributed by atoms with Gasteiger partial charge in [0.25, 0.3) is 5.92 Å². The Kier molecular flexibility index (Phi) is 5.45. The summed E-state index contributed by atoms with van der Waals surface area (Å²) in [4.78, 5) is 10.8. The molecule has 0 atom stereocenters. The smallest absolute Gasteiger partial charge is 0.262 e. The van der Waals surface area contributed by atoms with Crippen LogP contribution in [0, 0.1) is 0 Å². The van der Waals surface area contributed by atoms with Crippen LogP contribution in [0.1, 0.15) is 12.5 Å². The van der Waals surface area contributed by atoms with E-state index in [4.69, 9.17) is 11.6 Å². The van der Waals surface area contributed by atoms with Gasteiger partial charge in [-0.15, -0.1) is 0 Å². The first-order chi connectivity index (χ1) is 16.3. The Labute approximate surface area is 198 Å². The monoisotopic (exact) mass is 476 g/mol. The Morgan fingerprint density at radius 3 is 2.68 bits per heavy atom. The van der Waals surface area contributed by atoms with E-state index in [0.717, 1.165) is 39.9 Å². The van der Waals surface area contributed by atoms with Crippen LogP contribution in [0.2, 0.25) is 5.02 Å². The van der Waals surface area contributed by atoms with E-state index in [1.165, 1.54) is 0 Å². The molecule has 1 aliphatic rings. The van der Waals surface area contributed by atoms with Gasteiger partial charge in [0.2, 0.25) is 5.95 Å². The summed E-state index contributed by atoms with van der Waals surface area (Å²) in [5.74, 6) is -2.78. The molecule has 0 saturated carbocycles. The average molecular weight is 477 g/mol. The van der Waals surface area contributed by atoms with Crippen LogP contribution < -0.4 is 20.8 Å². The molecule has 0 aliphatic carbocycles. The zero-order valence-corrected chi connectivity index (χ0v) is 18.9. The highest BCUT2D eigenvalue weighted by molar-refractivity contribution is 6.30. The number of hydrogen-bond donors (Lipinski definition) is 1. The van der Waals surface area contributed by atoms with Crippen LogP contribution in [-0.4, -0.2) is 32.6 Å². The summed E-state index contributed by atoms with van der Waals surface area (Å²) in [5.41, 5.74) is 3.90. The maximum atomic E-state index is 13.4. The molecule has 0 spiro atoms. The molecular formula is C25H19ClF2N6. The predicted molar refractivity (Wildman–Crippen MR) is 130 cm³/mol. The van der Waals surface area contributed by atoms with Crippen LogP contribution in [0.25, 0.3) is 22.7 Å². The fraction of sp³-hybridized carbons (Fsp3) is 0.120. The second-order valence-electron chi connectivity index (χ2n) is 8.02. The maximum absolute atomic E-state index is 13.4. The first kappa shape index (κ1) is 21.9. The number of anilines is 2. The van der Waals surface area contributed by atoms with Crippen LogP contribution in [-0.2, 0) is 0 Å². The lowest BCUT2D eigenvalue weighted by Crippen LogP contribution is -2.41. The third-order valence-corrected chi connectivity index (χ3v) is 5.62. The van der Waals surface area contributed by atoms with Gasteiger partial charge in [0.05, 0.1) is 23.6 Å². The summed E-state index contributed by atoms with van der Waals surface area (Å²) in [7, 11) is 0. The number of allylic oxidation sites excluding steroid dienone is 1. The number of nitrogens with one attached hydrogen (secondary N) is 1. The predicted octanol–water partition coefficient (Wildman–Crippen LogP) is 4.11. The van der Waals surface area contributed by atoms with Gasteiger partial charge in [0.15, 0.2) is 0 Å². The van der Waals surface area contributed by atoms with Crippen molar-refractivity contribution in [2.24, 2.45) is 0 Å². The van der Waals surface area contributed by atoms with E-state index >= 15 is 0 Å². The summed E-state index contributed by atoms with van der Waals surface area (Å²) < 4.78 is 26.7. The highest BCUT2D eigenvalue weighted by Crippen LogP contribution is 2.31. The number of rotatable bonds is 5. The largest absolute Gasteiger partial charge is 0.348 e. The van der Waals surface area contributed by atoms with E-state index in [2.05, 4.69) is 32.1 Å². The van der Waals surface area contributed by atoms with Gasteiger partial charge in [0.1, 0.15) is 0 Å². The Hall–Kier alpha value is -3.91. The fourth-order valence-electron chi connectivity index (χ4n) is 3.76. The molecule has 4 aromatic rings. The molecule has 0 radical (unpaired) electrons. The Morgan fingerprint density at radius 1 is 1.12 bits per heavy atom. The molecule has 0 saturated heterocycles. The number of aromatic nitrogens is 4. The average Bonchev–Trinajstić information content (AvgIpc) is 2.82. The first-order valence-corrected chi connectivity index (χ1v) is 10.8. The maximum Gasteiger partial charge on any atom is 0.262 e. The quantitative estimate of drug-likeness (QED) is 0.467. The van der Waals surface area contributed by atoms with E-state index in [-0.39, 0.29) is 5.95 Å². The highest BCUT2D eigenvalue weighted by Gasteiger charge is 2.23. The van der Waals surface area contributed by atoms with Crippen molar-refractivity contribution in [1.29, 1.82) is 0 Å². The minimum Gasteiger partial charge on any atom is -0.348 e. The first-order valence-electron chi connectivity index (χ1n) is 10.5. The molecule has 0 fully saturated rings. The summed E-state index contributed by atoms with van der Waals surface area (Å²) in [5, 5.41) is 13.5. The van der Waals surface area contributed by atoms with Crippen molar-refractivity contribution in [3.05, 3.63) is 94.4 Å². The van der Waals surface area contributed by atoms with Gasteiger partial charge in [0, 0.05) is 51.9 Å². The number of alkyl halides is 2. The van der Waals surface area contributed by atoms with Crippen molar-refractivity contribution in [1.82, 2.24) is 20.2 Å². The van der Waals surface area contributed by atoms with E-state index in [1.807, 2.05) is 47.5 Å². The number of halogens is 3. The van der Waals surface area contributed by atoms with Crippen molar-refractivity contribution in [3.63, 3.8) is 0 Å². The van der Waals surface area contributed by atoms with Crippen molar-refractivity contribution >= 4 is 45.9 Å². The molecule has 6 nitrogen and oxygen atoms in total. The Morgan fingerprint density at radius 2 is 1.91 bits per heavy atom. The molecular weight excluding hydrogens is 458 g/mol. The Balaban J connectivity index is 1.67. The van der Waals surface area contributed by atoms with Gasteiger partial charge in [-0.25, -0.2) is 18.7 Å². The molecule has 170 valence electrons. The normalized spacial score (nSPS) is 13.6. The van der Waals surface area contributed by atoms with Gasteiger partial charge >= 0.3 is 0 Å². The molecule has 2 aromatic carbocycles. The van der Waals surface area contributed by atoms with Gasteiger partial charge < -0.3 is 10.2 Å². The lowest BCUT2D eigenvalue weighted by molar-refractivity contribution is 0.0366. The van der Waals surface area contributed by atoms with Crippen molar-refractivity contribution in [2.75, 3.05) is 16.8 Å². The lowest BCUT2D eigenvalue weighted by atomic mass is 9.99. The molecule has 9 heteroatoms. The third-order valence-electron chi connectivity index (χ3n) is 5.37. The van der Waals surface area contributed by atoms with E-state index in [0.29, 0.717) is 16.1 Å². The minimum atomic E-state index is -2.89. The molecule has 3 heterocycles. The molecule has 1 aliphatic heterocycles. The molecule has 0 bridgehead atoms. The Bertz CT molecular complexity index is 1530. The molecule has 2 aromatic heterocycles. The van der Waals surface area contributed by atoms with Crippen LogP contribution >= 0.6 is 11.6 Å². The van der Waals surface area contributed by atoms with Gasteiger partial charge in [-0.2, -0.15) is 10.2 Å². The van der Waals surface area contributed by atoms with Crippen molar-refractivity contribution in [3.8, 4) is 0 Å². The van der Waals surface area contributed by atoms with E-state index < -0.39 is 12.5 Å². The summed E-state index contributed by atoms with van der Waals surface area (Å²) in [6.45, 7) is 4.61. The molecule has 0 unspecified atom stereocenters. The van der Waals surface area contributed by atoms with Crippen LogP contribution in [0.5, 0.6) is 0 Å². The topological polar surface area (TPSA) is 66.8 Å². The van der Waals surface area contributed by atoms with Crippen molar-refractivity contribution in [2.45, 2.75) is 12.8 Å². The van der Waals surface area contributed by atoms with Crippen molar-refractivity contribution < 1.29 is 8.78 Å². The standard InChI is InChI=1S/C25H19ClF2N6/c1-15-22(16-3-5-19(26)6-4-16)23-18(12-29-24(32-23)30-14-25(2,27)28)13-34(15)20-7-8-21-17(11-20)9-10-31-33-21/h3-13H,1,14H2,2H3,(H,30,32). The van der Waals surface area contributed by atoms with Gasteiger partial charge in [-0.3, -0.25) is 0 Å². The number of hydrogen-bond acceptors (Lipinski definition) is 6. The van der Waals surface area contributed by atoms with Crippen LogP contribution in [0.4, 0.5) is 20.4 Å². The second-order valence-corrected chi connectivity index (χ2v) is 8.46. The van der Waals surface area contributed by atoms with Crippen LogP contribution in [0.15, 0.2) is 73.2 Å². The van der Waals surface area contributed by atoms with Crippen LogP contribution in [0.3, 0.4) is 0 Å². The fourth-order valence-corrected chi connectivity index (χ4v) is 3.88. The molecule has 0 amide bonds. The summed E-state index contributed by atoms with van der Waals surface area (Å²) in [6, 6.07) is 15.0. The molecule has 34 heavy (non-hydrogen) atoms. The number of fused-ring (bicyclic) bond motifs is 2.